The van der Waals surface area contributed by atoms with Gasteiger partial charge in [-0.1, -0.05) is 30.3 Å². The number of methoxy groups -OCH3 is 1. The third-order valence-electron chi connectivity index (χ3n) is 4.08. The Hall–Kier alpha value is -0.950. The molecule has 0 bridgehead atoms. The monoisotopic (exact) mass is 312 g/mol. The van der Waals surface area contributed by atoms with Gasteiger partial charge in [-0.2, -0.15) is 0 Å². The van der Waals surface area contributed by atoms with Crippen LogP contribution in [0.4, 0.5) is 0 Å². The van der Waals surface area contributed by atoms with Crippen LogP contribution in [-0.2, 0) is 14.8 Å². The molecule has 0 radical (unpaired) electrons. The second-order valence-corrected chi connectivity index (χ2v) is 7.58. The Balaban J connectivity index is 2.08. The zero-order valence-corrected chi connectivity index (χ0v) is 13.3. The van der Waals surface area contributed by atoms with E-state index in [4.69, 9.17) is 10.5 Å². The van der Waals surface area contributed by atoms with Crippen LogP contribution in [0, 0.1) is 5.92 Å². The maximum Gasteiger partial charge on any atom is 0.214 e. The van der Waals surface area contributed by atoms with Gasteiger partial charge < -0.3 is 10.5 Å². The first-order valence-electron chi connectivity index (χ1n) is 7.30. The molecule has 118 valence electrons. The SMILES string of the molecule is COCCCS(=O)(=O)N1C[C@@H](CN)[C@H](c2ccccc2)C1. The standard InChI is InChI=1S/C15H24N2O3S/c1-20-8-5-9-21(18,19)17-11-14(10-16)15(12-17)13-6-3-2-4-7-13/h2-4,6-7,14-15H,5,8-12,16H2,1H3/t14-,15+/m1/s1. The molecule has 0 saturated carbocycles. The normalized spacial score (nSPS) is 23.5. The lowest BCUT2D eigenvalue weighted by atomic mass is 9.89. The van der Waals surface area contributed by atoms with E-state index >= 15 is 0 Å². The van der Waals surface area contributed by atoms with Crippen molar-refractivity contribution in [3.05, 3.63) is 35.9 Å². The second kappa shape index (κ2) is 7.35. The fraction of sp³-hybridized carbons (Fsp3) is 0.600. The highest BCUT2D eigenvalue weighted by Gasteiger charge is 2.38. The number of hydrogen-bond acceptors (Lipinski definition) is 4. The maximum atomic E-state index is 12.4. The molecule has 1 aliphatic rings. The highest BCUT2D eigenvalue weighted by molar-refractivity contribution is 7.89. The molecule has 0 aliphatic carbocycles. The van der Waals surface area contributed by atoms with Gasteiger partial charge in [0, 0.05) is 32.7 Å². The number of sulfonamides is 1. The van der Waals surface area contributed by atoms with Crippen LogP contribution in [0.1, 0.15) is 17.9 Å². The summed E-state index contributed by atoms with van der Waals surface area (Å²) in [6.45, 7) is 2.02. The largest absolute Gasteiger partial charge is 0.385 e. The van der Waals surface area contributed by atoms with Crippen molar-refractivity contribution in [2.45, 2.75) is 12.3 Å². The van der Waals surface area contributed by atoms with Gasteiger partial charge in [-0.3, -0.25) is 0 Å². The van der Waals surface area contributed by atoms with E-state index in [9.17, 15) is 8.42 Å². The van der Waals surface area contributed by atoms with Crippen LogP contribution < -0.4 is 5.73 Å². The fourth-order valence-electron chi connectivity index (χ4n) is 2.89. The number of benzene rings is 1. The average molecular weight is 312 g/mol. The fourth-order valence-corrected chi connectivity index (χ4v) is 4.44. The average Bonchev–Trinajstić information content (AvgIpc) is 2.93. The van der Waals surface area contributed by atoms with E-state index in [-0.39, 0.29) is 17.6 Å². The molecule has 2 atom stereocenters. The molecule has 1 aliphatic heterocycles. The Kier molecular flexibility index (Phi) is 5.75. The van der Waals surface area contributed by atoms with Crippen LogP contribution in [-0.4, -0.2) is 51.8 Å². The molecule has 2 N–H and O–H groups in total. The molecule has 2 rings (SSSR count). The molecule has 5 nitrogen and oxygen atoms in total. The smallest absolute Gasteiger partial charge is 0.214 e. The lowest BCUT2D eigenvalue weighted by Crippen LogP contribution is -2.32. The Labute approximate surface area is 127 Å². The lowest BCUT2D eigenvalue weighted by Gasteiger charge is -2.17. The van der Waals surface area contributed by atoms with Gasteiger partial charge in [-0.25, -0.2) is 12.7 Å². The molecule has 0 amide bonds. The summed E-state index contributed by atoms with van der Waals surface area (Å²) in [5.41, 5.74) is 7.02. The van der Waals surface area contributed by atoms with Gasteiger partial charge in [0.15, 0.2) is 0 Å². The molecule has 0 spiro atoms. The van der Waals surface area contributed by atoms with Crippen molar-refractivity contribution in [1.29, 1.82) is 0 Å². The van der Waals surface area contributed by atoms with Gasteiger partial charge in [0.05, 0.1) is 5.75 Å². The van der Waals surface area contributed by atoms with Crippen molar-refractivity contribution in [3.63, 3.8) is 0 Å². The number of rotatable bonds is 7. The summed E-state index contributed by atoms with van der Waals surface area (Å²) in [5.74, 6) is 0.512. The van der Waals surface area contributed by atoms with E-state index in [1.165, 1.54) is 5.56 Å². The molecule has 1 heterocycles. The Morgan fingerprint density at radius 1 is 1.29 bits per heavy atom. The van der Waals surface area contributed by atoms with Crippen LogP contribution in [0.5, 0.6) is 0 Å². The molecule has 21 heavy (non-hydrogen) atoms. The Morgan fingerprint density at radius 3 is 2.62 bits per heavy atom. The predicted molar refractivity (Wildman–Crippen MR) is 83.6 cm³/mol. The second-order valence-electron chi connectivity index (χ2n) is 5.49. The molecule has 0 unspecified atom stereocenters. The topological polar surface area (TPSA) is 72.6 Å². The van der Waals surface area contributed by atoms with Crippen LogP contribution in [0.3, 0.4) is 0 Å². The number of nitrogens with two attached hydrogens (primary N) is 1. The minimum absolute atomic E-state index is 0.139. The van der Waals surface area contributed by atoms with Crippen LogP contribution in [0.25, 0.3) is 0 Å². The summed E-state index contributed by atoms with van der Waals surface area (Å²) >= 11 is 0. The van der Waals surface area contributed by atoms with Gasteiger partial charge in [0.25, 0.3) is 0 Å². The van der Waals surface area contributed by atoms with E-state index < -0.39 is 10.0 Å². The Bertz CT molecular complexity index is 533. The van der Waals surface area contributed by atoms with Gasteiger partial charge in [0.1, 0.15) is 0 Å². The first-order chi connectivity index (χ1) is 10.1. The maximum absolute atomic E-state index is 12.4. The molecule has 1 aromatic carbocycles. The molecule has 1 aromatic rings. The summed E-state index contributed by atoms with van der Waals surface area (Å²) in [4.78, 5) is 0. The van der Waals surface area contributed by atoms with Crippen molar-refractivity contribution < 1.29 is 13.2 Å². The third-order valence-corrected chi connectivity index (χ3v) is 5.97. The van der Waals surface area contributed by atoms with Crippen LogP contribution in [0.15, 0.2) is 30.3 Å². The van der Waals surface area contributed by atoms with E-state index in [1.807, 2.05) is 30.3 Å². The van der Waals surface area contributed by atoms with Gasteiger partial charge in [-0.15, -0.1) is 0 Å². The number of hydrogen-bond donors (Lipinski definition) is 1. The zero-order valence-electron chi connectivity index (χ0n) is 12.4. The number of nitrogens with zero attached hydrogens (tertiary/aromatic N) is 1. The molecule has 6 heteroatoms. The Morgan fingerprint density at radius 2 is 2.00 bits per heavy atom. The molecule has 1 saturated heterocycles. The highest BCUT2D eigenvalue weighted by Crippen LogP contribution is 2.33. The minimum Gasteiger partial charge on any atom is -0.385 e. The van der Waals surface area contributed by atoms with Crippen molar-refractivity contribution in [2.75, 3.05) is 39.1 Å². The van der Waals surface area contributed by atoms with E-state index in [1.54, 1.807) is 11.4 Å². The number of ether oxygens (including phenoxy) is 1. The van der Waals surface area contributed by atoms with Crippen molar-refractivity contribution in [2.24, 2.45) is 11.7 Å². The van der Waals surface area contributed by atoms with Crippen molar-refractivity contribution in [1.82, 2.24) is 4.31 Å². The van der Waals surface area contributed by atoms with E-state index in [0.717, 1.165) is 0 Å². The summed E-state index contributed by atoms with van der Waals surface area (Å²) in [5, 5.41) is 0. The zero-order chi connectivity index (χ0) is 15.3. The van der Waals surface area contributed by atoms with E-state index in [0.29, 0.717) is 32.7 Å². The van der Waals surface area contributed by atoms with Crippen LogP contribution in [0.2, 0.25) is 0 Å². The minimum atomic E-state index is -3.22. The third kappa shape index (κ3) is 4.03. The summed E-state index contributed by atoms with van der Waals surface area (Å²) < 4.78 is 31.3. The van der Waals surface area contributed by atoms with Gasteiger partial charge >= 0.3 is 0 Å². The molecular weight excluding hydrogens is 288 g/mol. The quantitative estimate of drug-likeness (QED) is 0.763. The van der Waals surface area contributed by atoms with Crippen molar-refractivity contribution >= 4 is 10.0 Å². The van der Waals surface area contributed by atoms with Crippen molar-refractivity contribution in [3.8, 4) is 0 Å². The molecule has 1 fully saturated rings. The summed E-state index contributed by atoms with van der Waals surface area (Å²) in [7, 11) is -1.64. The lowest BCUT2D eigenvalue weighted by molar-refractivity contribution is 0.199. The summed E-state index contributed by atoms with van der Waals surface area (Å²) in [6, 6.07) is 10.0. The first kappa shape index (κ1) is 16.4. The molecule has 0 aromatic heterocycles. The predicted octanol–water partition coefficient (Wildman–Crippen LogP) is 1.03. The van der Waals surface area contributed by atoms with Gasteiger partial charge in [-0.05, 0) is 24.4 Å². The van der Waals surface area contributed by atoms with Gasteiger partial charge in [0.2, 0.25) is 10.0 Å². The highest BCUT2D eigenvalue weighted by atomic mass is 32.2. The van der Waals surface area contributed by atoms with Crippen LogP contribution >= 0.6 is 0 Å². The first-order valence-corrected chi connectivity index (χ1v) is 8.91. The molecular formula is C15H24N2O3S. The van der Waals surface area contributed by atoms with E-state index in [2.05, 4.69) is 0 Å². The summed E-state index contributed by atoms with van der Waals surface area (Å²) in [6.07, 6.45) is 0.526.